The molecule has 1 aliphatic rings. The van der Waals surface area contributed by atoms with E-state index in [9.17, 15) is 18.3 Å². The van der Waals surface area contributed by atoms with E-state index in [0.29, 0.717) is 0 Å². The van der Waals surface area contributed by atoms with Crippen molar-refractivity contribution in [3.8, 4) is 11.5 Å². The van der Waals surface area contributed by atoms with Gasteiger partial charge in [0.25, 0.3) is 0 Å². The van der Waals surface area contributed by atoms with Crippen LogP contribution in [-0.2, 0) is 14.8 Å². The van der Waals surface area contributed by atoms with Crippen molar-refractivity contribution in [2.75, 3.05) is 56.6 Å². The molecule has 0 saturated carbocycles. The number of hydrogen-bond donors (Lipinski definition) is 3. The molecular weight excluding hydrogens is 396 g/mol. The van der Waals surface area contributed by atoms with Crippen LogP contribution in [0.25, 0.3) is 0 Å². The van der Waals surface area contributed by atoms with E-state index in [1.807, 2.05) is 7.05 Å². The molecule has 1 amide bonds. The summed E-state index contributed by atoms with van der Waals surface area (Å²) in [6.45, 7) is 4.88. The first-order valence-corrected chi connectivity index (χ1v) is 10.1. The van der Waals surface area contributed by atoms with Gasteiger partial charge in [-0.25, -0.2) is 8.42 Å². The topological polar surface area (TPSA) is 111 Å². The van der Waals surface area contributed by atoms with Gasteiger partial charge in [0, 0.05) is 37.8 Å². The van der Waals surface area contributed by atoms with Gasteiger partial charge in [-0.15, -0.1) is 12.4 Å². The average Bonchev–Trinajstić information content (AvgIpc) is 2.51. The minimum atomic E-state index is -3.55. The van der Waals surface area contributed by atoms with Crippen molar-refractivity contribution in [2.45, 2.75) is 13.0 Å². The maximum atomic E-state index is 12.4. The number of phenolic OH excluding ortho intramolecular Hbond substituents is 1. The van der Waals surface area contributed by atoms with Crippen LogP contribution in [0.2, 0.25) is 0 Å². The summed E-state index contributed by atoms with van der Waals surface area (Å²) in [5, 5.41) is 12.7. The Morgan fingerprint density at radius 3 is 2.56 bits per heavy atom. The third kappa shape index (κ3) is 6.73. The fourth-order valence-electron chi connectivity index (χ4n) is 2.90. The minimum Gasteiger partial charge on any atom is -0.506 e. The molecule has 0 aromatic heterocycles. The first-order chi connectivity index (χ1) is 12.1. The van der Waals surface area contributed by atoms with E-state index in [-0.39, 0.29) is 53.8 Å². The van der Waals surface area contributed by atoms with Crippen LogP contribution in [0.4, 0.5) is 11.4 Å². The molecule has 0 spiro atoms. The summed E-state index contributed by atoms with van der Waals surface area (Å²) in [5.74, 6) is -0.295. The van der Waals surface area contributed by atoms with Gasteiger partial charge in [0.15, 0.2) is 0 Å². The Hall–Kier alpha value is -1.75. The molecule has 0 bridgehead atoms. The number of anilines is 2. The van der Waals surface area contributed by atoms with Crippen molar-refractivity contribution in [2.24, 2.45) is 0 Å². The standard InChI is InChI=1S/C16H26N4O5S.ClH/c1-11-9-19(2)5-6-20(11)10-16(22)17-13-7-14(21)12(8-15(13)25-3)18-26(4,23)24;/h7-8,11,18,21H,5-6,9-10H2,1-4H3,(H,17,22);1H. The number of carbonyl (C=O) groups excluding carboxylic acids is 1. The molecule has 1 heterocycles. The molecule has 154 valence electrons. The zero-order chi connectivity index (χ0) is 19.5. The number of piperazine rings is 1. The van der Waals surface area contributed by atoms with Gasteiger partial charge in [-0.05, 0) is 14.0 Å². The second kappa shape index (κ2) is 9.45. The molecule has 1 aromatic rings. The second-order valence-electron chi connectivity index (χ2n) is 6.57. The highest BCUT2D eigenvalue weighted by atomic mass is 35.5. The lowest BCUT2D eigenvalue weighted by Crippen LogP contribution is -2.52. The molecule has 1 atom stereocenters. The Kier molecular flexibility index (Phi) is 8.15. The molecule has 1 aliphatic heterocycles. The highest BCUT2D eigenvalue weighted by Gasteiger charge is 2.24. The third-order valence-corrected chi connectivity index (χ3v) is 4.79. The molecule has 9 nitrogen and oxygen atoms in total. The Balaban J connectivity index is 0.00000364. The summed E-state index contributed by atoms with van der Waals surface area (Å²) in [7, 11) is -0.107. The van der Waals surface area contributed by atoms with Crippen LogP contribution in [0, 0.1) is 0 Å². The molecular formula is C16H27ClN4O5S. The lowest BCUT2D eigenvalue weighted by atomic mass is 10.2. The van der Waals surface area contributed by atoms with E-state index < -0.39 is 10.0 Å². The van der Waals surface area contributed by atoms with Crippen LogP contribution in [0.15, 0.2) is 12.1 Å². The van der Waals surface area contributed by atoms with Crippen LogP contribution in [0.3, 0.4) is 0 Å². The van der Waals surface area contributed by atoms with Crippen molar-refractivity contribution in [3.63, 3.8) is 0 Å². The number of halogens is 1. The number of phenols is 1. The van der Waals surface area contributed by atoms with Crippen LogP contribution >= 0.6 is 12.4 Å². The van der Waals surface area contributed by atoms with E-state index in [1.165, 1.54) is 19.2 Å². The number of methoxy groups -OCH3 is 1. The van der Waals surface area contributed by atoms with Crippen molar-refractivity contribution >= 4 is 39.7 Å². The maximum absolute atomic E-state index is 12.4. The second-order valence-corrected chi connectivity index (χ2v) is 8.32. The first-order valence-electron chi connectivity index (χ1n) is 8.20. The van der Waals surface area contributed by atoms with Gasteiger partial charge in [0.2, 0.25) is 15.9 Å². The predicted molar refractivity (Wildman–Crippen MR) is 108 cm³/mol. The molecule has 1 saturated heterocycles. The Bertz CT molecular complexity index is 774. The van der Waals surface area contributed by atoms with E-state index in [0.717, 1.165) is 25.9 Å². The van der Waals surface area contributed by atoms with Crippen molar-refractivity contribution in [1.82, 2.24) is 9.80 Å². The van der Waals surface area contributed by atoms with Gasteiger partial charge >= 0.3 is 0 Å². The van der Waals surface area contributed by atoms with Crippen molar-refractivity contribution in [3.05, 3.63) is 12.1 Å². The fraction of sp³-hybridized carbons (Fsp3) is 0.562. The Morgan fingerprint density at radius 1 is 1.33 bits per heavy atom. The largest absolute Gasteiger partial charge is 0.506 e. The maximum Gasteiger partial charge on any atom is 0.238 e. The quantitative estimate of drug-likeness (QED) is 0.580. The number of sulfonamides is 1. The highest BCUT2D eigenvalue weighted by Crippen LogP contribution is 2.36. The normalized spacial score (nSPS) is 18.4. The van der Waals surface area contributed by atoms with Gasteiger partial charge in [-0.1, -0.05) is 0 Å². The molecule has 27 heavy (non-hydrogen) atoms. The number of hydrogen-bond acceptors (Lipinski definition) is 7. The molecule has 2 rings (SSSR count). The van der Waals surface area contributed by atoms with Crippen LogP contribution in [0.1, 0.15) is 6.92 Å². The minimum absolute atomic E-state index is 0. The number of aromatic hydroxyl groups is 1. The number of amides is 1. The van der Waals surface area contributed by atoms with Gasteiger partial charge in [0.1, 0.15) is 11.5 Å². The summed E-state index contributed by atoms with van der Waals surface area (Å²) in [4.78, 5) is 16.7. The zero-order valence-electron chi connectivity index (χ0n) is 15.9. The molecule has 0 aliphatic carbocycles. The van der Waals surface area contributed by atoms with E-state index in [4.69, 9.17) is 4.74 Å². The Labute approximate surface area is 166 Å². The number of nitrogens with one attached hydrogen (secondary N) is 2. The van der Waals surface area contributed by atoms with E-state index in [1.54, 1.807) is 0 Å². The van der Waals surface area contributed by atoms with Gasteiger partial charge in [-0.2, -0.15) is 0 Å². The molecule has 11 heteroatoms. The molecule has 0 radical (unpaired) electrons. The number of likely N-dealkylation sites (N-methyl/N-ethyl adjacent to an activating group) is 1. The number of rotatable bonds is 6. The molecule has 1 aromatic carbocycles. The zero-order valence-corrected chi connectivity index (χ0v) is 17.5. The molecule has 1 fully saturated rings. The lowest BCUT2D eigenvalue weighted by molar-refractivity contribution is -0.118. The van der Waals surface area contributed by atoms with Gasteiger partial charge in [-0.3, -0.25) is 14.4 Å². The van der Waals surface area contributed by atoms with Crippen molar-refractivity contribution in [1.29, 1.82) is 0 Å². The van der Waals surface area contributed by atoms with Crippen molar-refractivity contribution < 1.29 is 23.1 Å². The number of carbonyl (C=O) groups is 1. The predicted octanol–water partition coefficient (Wildman–Crippen LogP) is 0.768. The summed E-state index contributed by atoms with van der Waals surface area (Å²) in [6, 6.07) is 2.85. The van der Waals surface area contributed by atoms with Crippen LogP contribution < -0.4 is 14.8 Å². The summed E-state index contributed by atoms with van der Waals surface area (Å²) >= 11 is 0. The monoisotopic (exact) mass is 422 g/mol. The average molecular weight is 423 g/mol. The number of benzene rings is 1. The SMILES string of the molecule is COc1cc(NS(C)(=O)=O)c(O)cc1NC(=O)CN1CCN(C)CC1C.Cl. The molecule has 1 unspecified atom stereocenters. The first kappa shape index (κ1) is 23.3. The Morgan fingerprint density at radius 2 is 2.00 bits per heavy atom. The highest BCUT2D eigenvalue weighted by molar-refractivity contribution is 7.92. The summed E-state index contributed by atoms with van der Waals surface area (Å²) in [6.07, 6.45) is 0.978. The fourth-order valence-corrected chi connectivity index (χ4v) is 3.47. The van der Waals surface area contributed by atoms with Gasteiger partial charge in [0.05, 0.1) is 31.3 Å². The third-order valence-electron chi connectivity index (χ3n) is 4.20. The number of nitrogens with zero attached hydrogens (tertiary/aromatic N) is 2. The summed E-state index contributed by atoms with van der Waals surface area (Å²) in [5.41, 5.74) is 0.255. The van der Waals surface area contributed by atoms with Gasteiger partial charge < -0.3 is 20.1 Å². The number of ether oxygens (including phenoxy) is 1. The van der Waals surface area contributed by atoms with E-state index >= 15 is 0 Å². The smallest absolute Gasteiger partial charge is 0.238 e. The van der Waals surface area contributed by atoms with Crippen LogP contribution in [0.5, 0.6) is 11.5 Å². The van der Waals surface area contributed by atoms with E-state index in [2.05, 4.69) is 26.8 Å². The summed E-state index contributed by atoms with van der Waals surface area (Å²) < 4.78 is 30.1. The molecule has 3 N–H and O–H groups in total. The lowest BCUT2D eigenvalue weighted by Gasteiger charge is -2.37. The van der Waals surface area contributed by atoms with Crippen LogP contribution in [-0.4, -0.2) is 81.9 Å².